The zero-order chi connectivity index (χ0) is 22.9. The van der Waals surface area contributed by atoms with Gasteiger partial charge in [0.15, 0.2) is 0 Å². The molecular formula is C25H32N2O4S. The number of carbonyl (C=O) groups excluding carboxylic acids is 2. The maximum absolute atomic E-state index is 13.0. The van der Waals surface area contributed by atoms with Gasteiger partial charge >= 0.3 is 5.97 Å². The molecule has 1 fully saturated rings. The van der Waals surface area contributed by atoms with E-state index in [-0.39, 0.29) is 17.3 Å². The normalized spacial score (nSPS) is 18.8. The summed E-state index contributed by atoms with van der Waals surface area (Å²) in [7, 11) is 1.39. The van der Waals surface area contributed by atoms with Crippen LogP contribution in [0.15, 0.2) is 24.3 Å². The molecule has 2 heterocycles. The fourth-order valence-electron chi connectivity index (χ4n) is 4.55. The van der Waals surface area contributed by atoms with Gasteiger partial charge in [-0.05, 0) is 60.4 Å². The highest BCUT2D eigenvalue weighted by atomic mass is 32.1. The van der Waals surface area contributed by atoms with Crippen molar-refractivity contribution in [1.29, 1.82) is 0 Å². The van der Waals surface area contributed by atoms with Gasteiger partial charge in [-0.25, -0.2) is 4.79 Å². The van der Waals surface area contributed by atoms with Crippen molar-refractivity contribution in [3.63, 3.8) is 0 Å². The predicted molar refractivity (Wildman–Crippen MR) is 128 cm³/mol. The minimum Gasteiger partial charge on any atom is -0.465 e. The highest BCUT2D eigenvalue weighted by molar-refractivity contribution is 7.17. The Hall–Kier alpha value is -2.38. The SMILES string of the molecule is COC(=O)c1c(NC(=O)c2ccc(N3CCOCC3)cc2)sc2c1CCC(C(C)(C)C)C2. The van der Waals surface area contributed by atoms with Crippen molar-refractivity contribution < 1.29 is 19.1 Å². The number of rotatable bonds is 4. The van der Waals surface area contributed by atoms with E-state index >= 15 is 0 Å². The third-order valence-corrected chi connectivity index (χ3v) is 7.78. The average molecular weight is 457 g/mol. The van der Waals surface area contributed by atoms with Gasteiger partial charge in [0.1, 0.15) is 5.00 Å². The van der Waals surface area contributed by atoms with E-state index in [4.69, 9.17) is 9.47 Å². The predicted octanol–water partition coefficient (Wildman–Crippen LogP) is 4.77. The number of morpholine rings is 1. The molecule has 0 radical (unpaired) electrons. The summed E-state index contributed by atoms with van der Waals surface area (Å²) < 4.78 is 10.5. The summed E-state index contributed by atoms with van der Waals surface area (Å²) in [6, 6.07) is 7.60. The molecule has 0 spiro atoms. The number of nitrogens with zero attached hydrogens (tertiary/aromatic N) is 1. The first kappa shape index (κ1) is 22.8. The zero-order valence-electron chi connectivity index (χ0n) is 19.3. The van der Waals surface area contributed by atoms with E-state index in [0.717, 1.165) is 56.8 Å². The van der Waals surface area contributed by atoms with Gasteiger partial charge in [0, 0.05) is 29.2 Å². The van der Waals surface area contributed by atoms with Crippen molar-refractivity contribution >= 4 is 33.9 Å². The number of ether oxygens (including phenoxy) is 2. The standard InChI is InChI=1S/C25H32N2O4S/c1-25(2,3)17-7-10-19-20(15-17)32-23(21(19)24(29)30-4)26-22(28)16-5-8-18(9-6-16)27-11-13-31-14-12-27/h5-6,8-9,17H,7,10-15H2,1-4H3,(H,26,28). The summed E-state index contributed by atoms with van der Waals surface area (Å²) >= 11 is 1.52. The van der Waals surface area contributed by atoms with E-state index in [9.17, 15) is 9.59 Å². The molecule has 1 aromatic carbocycles. The number of hydrogen-bond acceptors (Lipinski definition) is 6. The summed E-state index contributed by atoms with van der Waals surface area (Å²) in [4.78, 5) is 29.1. The second-order valence-electron chi connectivity index (χ2n) is 9.61. The van der Waals surface area contributed by atoms with Crippen LogP contribution in [0.5, 0.6) is 0 Å². The van der Waals surface area contributed by atoms with Gasteiger partial charge in [0.05, 0.1) is 25.9 Å². The van der Waals surface area contributed by atoms with Gasteiger partial charge in [0.2, 0.25) is 0 Å². The molecule has 1 atom stereocenters. The third-order valence-electron chi connectivity index (χ3n) is 6.61. The van der Waals surface area contributed by atoms with Gasteiger partial charge in [-0.2, -0.15) is 0 Å². The van der Waals surface area contributed by atoms with Gasteiger partial charge in [0.25, 0.3) is 5.91 Å². The lowest BCUT2D eigenvalue weighted by atomic mass is 9.72. The quantitative estimate of drug-likeness (QED) is 0.671. The summed E-state index contributed by atoms with van der Waals surface area (Å²) in [5.74, 6) is -0.0419. The van der Waals surface area contributed by atoms with E-state index in [0.29, 0.717) is 22.0 Å². The third kappa shape index (κ3) is 4.69. The van der Waals surface area contributed by atoms with Crippen molar-refractivity contribution in [3.8, 4) is 0 Å². The molecule has 1 amide bonds. The van der Waals surface area contributed by atoms with E-state index in [2.05, 4.69) is 31.0 Å². The number of hydrogen-bond donors (Lipinski definition) is 1. The molecule has 32 heavy (non-hydrogen) atoms. The van der Waals surface area contributed by atoms with Crippen LogP contribution in [0.1, 0.15) is 58.3 Å². The Kier molecular flexibility index (Phi) is 6.58. The number of fused-ring (bicyclic) bond motifs is 1. The highest BCUT2D eigenvalue weighted by Crippen LogP contribution is 2.44. The second-order valence-corrected chi connectivity index (χ2v) is 10.7. The van der Waals surface area contributed by atoms with Crippen LogP contribution in [0.3, 0.4) is 0 Å². The van der Waals surface area contributed by atoms with Gasteiger partial charge in [-0.15, -0.1) is 11.3 Å². The minimum absolute atomic E-state index is 0.207. The molecule has 1 N–H and O–H groups in total. The molecule has 1 saturated heterocycles. The number of carbonyl (C=O) groups is 2. The summed E-state index contributed by atoms with van der Waals surface area (Å²) in [5, 5.41) is 3.59. The van der Waals surface area contributed by atoms with Gasteiger partial charge in [-0.3, -0.25) is 4.79 Å². The largest absolute Gasteiger partial charge is 0.465 e. The Labute approximate surface area is 193 Å². The van der Waals surface area contributed by atoms with E-state index in [1.807, 2.05) is 24.3 Å². The first-order chi connectivity index (χ1) is 15.3. The molecule has 2 aliphatic rings. The van der Waals surface area contributed by atoms with Crippen LogP contribution in [0.2, 0.25) is 0 Å². The number of anilines is 2. The molecule has 1 aliphatic carbocycles. The first-order valence-corrected chi connectivity index (χ1v) is 12.1. The molecule has 1 aliphatic heterocycles. The van der Waals surface area contributed by atoms with Crippen LogP contribution < -0.4 is 10.2 Å². The molecule has 7 heteroatoms. The topological polar surface area (TPSA) is 67.9 Å². The molecule has 1 aromatic heterocycles. The van der Waals surface area contributed by atoms with Gasteiger partial charge < -0.3 is 19.7 Å². The lowest BCUT2D eigenvalue weighted by Gasteiger charge is -2.33. The van der Waals surface area contributed by atoms with Crippen LogP contribution in [0, 0.1) is 11.3 Å². The second kappa shape index (κ2) is 9.24. The number of esters is 1. The first-order valence-electron chi connectivity index (χ1n) is 11.2. The van der Waals surface area contributed by atoms with E-state index in [1.54, 1.807) is 0 Å². The molecule has 1 unspecified atom stereocenters. The number of benzene rings is 1. The van der Waals surface area contributed by atoms with Crippen LogP contribution in [-0.2, 0) is 22.3 Å². The van der Waals surface area contributed by atoms with Crippen molar-refractivity contribution in [1.82, 2.24) is 0 Å². The summed E-state index contributed by atoms with van der Waals surface area (Å²) in [5.41, 5.74) is 3.42. The van der Waals surface area contributed by atoms with Crippen LogP contribution in [0.4, 0.5) is 10.7 Å². The Morgan fingerprint density at radius 3 is 2.47 bits per heavy atom. The number of amides is 1. The molecular weight excluding hydrogens is 424 g/mol. The van der Waals surface area contributed by atoms with Crippen molar-refractivity contribution in [2.75, 3.05) is 43.6 Å². The molecule has 172 valence electrons. The molecule has 2 aromatic rings. The number of nitrogens with one attached hydrogen (secondary N) is 1. The van der Waals surface area contributed by atoms with E-state index in [1.165, 1.54) is 23.3 Å². The fourth-order valence-corrected chi connectivity index (χ4v) is 5.86. The minimum atomic E-state index is -0.380. The Morgan fingerprint density at radius 2 is 1.84 bits per heavy atom. The Balaban J connectivity index is 1.55. The van der Waals surface area contributed by atoms with Crippen molar-refractivity contribution in [2.45, 2.75) is 40.0 Å². The number of thiophene rings is 1. The van der Waals surface area contributed by atoms with Crippen LogP contribution in [0.25, 0.3) is 0 Å². The zero-order valence-corrected chi connectivity index (χ0v) is 20.1. The van der Waals surface area contributed by atoms with Crippen molar-refractivity contribution in [3.05, 3.63) is 45.8 Å². The number of methoxy groups -OCH3 is 1. The maximum Gasteiger partial charge on any atom is 0.341 e. The average Bonchev–Trinajstić information content (AvgIpc) is 3.15. The van der Waals surface area contributed by atoms with Crippen molar-refractivity contribution in [2.24, 2.45) is 11.3 Å². The van der Waals surface area contributed by atoms with Crippen LogP contribution in [-0.4, -0.2) is 45.3 Å². The Bertz CT molecular complexity index is 985. The molecule has 6 nitrogen and oxygen atoms in total. The Morgan fingerprint density at radius 1 is 1.16 bits per heavy atom. The van der Waals surface area contributed by atoms with Crippen LogP contribution >= 0.6 is 11.3 Å². The van der Waals surface area contributed by atoms with Gasteiger partial charge in [-0.1, -0.05) is 20.8 Å². The fraction of sp³-hybridized carbons (Fsp3) is 0.520. The summed E-state index contributed by atoms with van der Waals surface area (Å²) in [6.07, 6.45) is 2.80. The molecule has 0 saturated carbocycles. The molecule has 4 rings (SSSR count). The maximum atomic E-state index is 13.0. The summed E-state index contributed by atoms with van der Waals surface area (Å²) in [6.45, 7) is 9.94. The lowest BCUT2D eigenvalue weighted by Crippen LogP contribution is -2.36. The van der Waals surface area contributed by atoms with E-state index < -0.39 is 0 Å². The molecule has 0 bridgehead atoms. The highest BCUT2D eigenvalue weighted by Gasteiger charge is 2.34. The monoisotopic (exact) mass is 456 g/mol. The lowest BCUT2D eigenvalue weighted by molar-refractivity contribution is 0.0600. The smallest absolute Gasteiger partial charge is 0.341 e.